The fourth-order valence-corrected chi connectivity index (χ4v) is 10.2. The van der Waals surface area contributed by atoms with Crippen molar-refractivity contribution in [1.29, 1.82) is 0 Å². The predicted octanol–water partition coefficient (Wildman–Crippen LogP) is 11.3. The minimum atomic E-state index is -3.31. The quantitative estimate of drug-likeness (QED) is 0.137. The highest BCUT2D eigenvalue weighted by Crippen LogP contribution is 2.46. The highest BCUT2D eigenvalue weighted by molar-refractivity contribution is 7.85. The maximum atomic E-state index is 16.0. The number of benzene rings is 9. The van der Waals surface area contributed by atoms with Gasteiger partial charge in [0.15, 0.2) is 7.14 Å². The summed E-state index contributed by atoms with van der Waals surface area (Å²) in [7, 11) is -3.31. The van der Waals surface area contributed by atoms with Crippen molar-refractivity contribution >= 4 is 66.1 Å². The normalized spacial score (nSPS) is 11.8. The lowest BCUT2D eigenvalue weighted by Crippen LogP contribution is -2.25. The molecule has 0 amide bonds. The molecular weight excluding hydrogens is 599 g/mol. The molecule has 9 aromatic carbocycles. The summed E-state index contributed by atoms with van der Waals surface area (Å²) in [4.78, 5) is 0. The number of hydrogen-bond acceptors (Lipinski definition) is 1. The maximum Gasteiger partial charge on any atom is 0.171 e. The summed E-state index contributed by atoms with van der Waals surface area (Å²) in [5.41, 5.74) is 4.46. The van der Waals surface area contributed by atoms with Gasteiger partial charge >= 0.3 is 0 Å². The van der Waals surface area contributed by atoms with Gasteiger partial charge in [0.25, 0.3) is 0 Å². The second kappa shape index (κ2) is 11.5. The van der Waals surface area contributed by atoms with Gasteiger partial charge < -0.3 is 4.57 Å². The van der Waals surface area contributed by atoms with E-state index in [0.717, 1.165) is 27.0 Å². The number of rotatable bonds is 5. The Hall–Kier alpha value is -5.75. The minimum Gasteiger partial charge on any atom is -0.309 e. The lowest BCUT2D eigenvalue weighted by molar-refractivity contribution is 0.592. The van der Waals surface area contributed by atoms with Crippen molar-refractivity contribution < 1.29 is 4.57 Å². The van der Waals surface area contributed by atoms with Crippen LogP contribution in [-0.4, -0.2) is 0 Å². The summed E-state index contributed by atoms with van der Waals surface area (Å²) in [6.07, 6.45) is 0. The average Bonchev–Trinajstić information content (AvgIpc) is 3.16. The van der Waals surface area contributed by atoms with Gasteiger partial charge in [0.2, 0.25) is 0 Å². The molecular formula is C46H31OP. The molecule has 0 saturated heterocycles. The van der Waals surface area contributed by atoms with Crippen molar-refractivity contribution in [2.24, 2.45) is 0 Å². The van der Waals surface area contributed by atoms with Crippen molar-refractivity contribution in [3.05, 3.63) is 188 Å². The highest BCUT2D eigenvalue weighted by atomic mass is 31.2. The zero-order valence-corrected chi connectivity index (χ0v) is 27.1. The molecule has 0 bridgehead atoms. The number of fused-ring (bicyclic) bond motifs is 4. The zero-order valence-electron chi connectivity index (χ0n) is 26.3. The molecule has 0 spiro atoms. The Morgan fingerprint density at radius 3 is 1.02 bits per heavy atom. The van der Waals surface area contributed by atoms with Crippen molar-refractivity contribution in [1.82, 2.24) is 0 Å². The lowest BCUT2D eigenvalue weighted by Gasteiger charge is -2.22. The lowest BCUT2D eigenvalue weighted by atomic mass is 9.92. The van der Waals surface area contributed by atoms with Crippen LogP contribution in [-0.2, 0) is 4.57 Å². The van der Waals surface area contributed by atoms with E-state index in [1.54, 1.807) is 0 Å². The topological polar surface area (TPSA) is 17.1 Å². The van der Waals surface area contributed by atoms with Crippen LogP contribution in [0.1, 0.15) is 0 Å². The third-order valence-electron chi connectivity index (χ3n) is 9.66. The van der Waals surface area contributed by atoms with E-state index in [4.69, 9.17) is 0 Å². The van der Waals surface area contributed by atoms with Crippen LogP contribution >= 0.6 is 7.14 Å². The molecule has 0 N–H and O–H groups in total. The van der Waals surface area contributed by atoms with Crippen LogP contribution in [0.25, 0.3) is 65.3 Å². The van der Waals surface area contributed by atoms with Crippen molar-refractivity contribution in [3.8, 4) is 22.3 Å². The molecule has 0 heterocycles. The standard InChI is InChI=1S/C46H31OP/c47-48(38-20-2-1-3-21-38,39-22-12-18-36(30-39)45-41-24-8-4-14-32(41)28-33-15-5-9-25-42(33)45)40-23-13-19-37(31-40)46-43-26-10-6-16-34(43)29-35-17-7-11-27-44(35)46/h1-31H. The fraction of sp³-hybridized carbons (Fsp3) is 0. The van der Waals surface area contributed by atoms with Gasteiger partial charge in [0, 0.05) is 15.9 Å². The van der Waals surface area contributed by atoms with E-state index in [1.165, 1.54) is 54.2 Å². The Morgan fingerprint density at radius 2 is 0.625 bits per heavy atom. The Kier molecular flexibility index (Phi) is 6.82. The SMILES string of the molecule is O=P(c1ccccc1)(c1cccc(-c2c3ccccc3cc3ccccc23)c1)c1cccc(-c2c3ccccc3cc3ccccc23)c1. The minimum absolute atomic E-state index is 0.822. The molecule has 1 nitrogen and oxygen atoms in total. The van der Waals surface area contributed by atoms with Gasteiger partial charge in [-0.15, -0.1) is 0 Å². The van der Waals surface area contributed by atoms with Gasteiger partial charge in [0.05, 0.1) is 0 Å². The molecule has 48 heavy (non-hydrogen) atoms. The summed E-state index contributed by atoms with van der Waals surface area (Å²) in [6, 6.07) is 65.6. The molecule has 0 aliphatic rings. The van der Waals surface area contributed by atoms with E-state index in [2.05, 4.69) is 146 Å². The van der Waals surface area contributed by atoms with Gasteiger partial charge in [-0.05, 0) is 89.6 Å². The molecule has 0 aliphatic heterocycles. The molecule has 9 aromatic rings. The van der Waals surface area contributed by atoms with Crippen LogP contribution < -0.4 is 15.9 Å². The van der Waals surface area contributed by atoms with Crippen molar-refractivity contribution in [2.45, 2.75) is 0 Å². The molecule has 226 valence electrons. The highest BCUT2D eigenvalue weighted by Gasteiger charge is 2.31. The molecule has 0 aliphatic carbocycles. The smallest absolute Gasteiger partial charge is 0.171 e. The van der Waals surface area contributed by atoms with E-state index in [0.29, 0.717) is 0 Å². The van der Waals surface area contributed by atoms with Crippen LogP contribution in [0.5, 0.6) is 0 Å². The molecule has 0 fully saturated rings. The van der Waals surface area contributed by atoms with Crippen LogP contribution in [0.2, 0.25) is 0 Å². The molecule has 0 saturated carbocycles. The first-order valence-electron chi connectivity index (χ1n) is 16.4. The first-order chi connectivity index (χ1) is 23.7. The van der Waals surface area contributed by atoms with E-state index in [9.17, 15) is 0 Å². The third kappa shape index (κ3) is 4.59. The second-order valence-corrected chi connectivity index (χ2v) is 15.2. The first kappa shape index (κ1) is 28.5. The monoisotopic (exact) mass is 630 g/mol. The van der Waals surface area contributed by atoms with E-state index < -0.39 is 7.14 Å². The zero-order chi connectivity index (χ0) is 32.1. The summed E-state index contributed by atoms with van der Waals surface area (Å²) >= 11 is 0. The van der Waals surface area contributed by atoms with Crippen molar-refractivity contribution in [2.75, 3.05) is 0 Å². The maximum absolute atomic E-state index is 16.0. The Balaban J connectivity index is 1.30. The van der Waals surface area contributed by atoms with Gasteiger partial charge in [-0.3, -0.25) is 0 Å². The summed E-state index contributed by atoms with van der Waals surface area (Å²) < 4.78 is 16.0. The van der Waals surface area contributed by atoms with Crippen LogP contribution in [0.15, 0.2) is 188 Å². The van der Waals surface area contributed by atoms with Crippen molar-refractivity contribution in [3.63, 3.8) is 0 Å². The molecule has 0 atom stereocenters. The summed E-state index contributed by atoms with van der Waals surface area (Å²) in [5.74, 6) is 0. The van der Waals surface area contributed by atoms with Gasteiger partial charge in [-0.1, -0.05) is 164 Å². The van der Waals surface area contributed by atoms with Crippen LogP contribution in [0.4, 0.5) is 0 Å². The summed E-state index contributed by atoms with van der Waals surface area (Å²) in [6.45, 7) is 0. The number of hydrogen-bond donors (Lipinski definition) is 0. The van der Waals surface area contributed by atoms with Crippen LogP contribution in [0.3, 0.4) is 0 Å². The van der Waals surface area contributed by atoms with E-state index in [1.807, 2.05) is 42.5 Å². The first-order valence-corrected chi connectivity index (χ1v) is 18.1. The third-order valence-corrected chi connectivity index (χ3v) is 12.7. The summed E-state index contributed by atoms with van der Waals surface area (Å²) in [5, 5.41) is 12.0. The molecule has 2 heteroatoms. The molecule has 0 unspecified atom stereocenters. The van der Waals surface area contributed by atoms with Gasteiger partial charge in [-0.2, -0.15) is 0 Å². The van der Waals surface area contributed by atoms with Gasteiger partial charge in [-0.25, -0.2) is 0 Å². The second-order valence-electron chi connectivity index (χ2n) is 12.4. The fourth-order valence-electron chi connectivity index (χ4n) is 7.45. The van der Waals surface area contributed by atoms with Crippen LogP contribution in [0, 0.1) is 0 Å². The molecule has 9 rings (SSSR count). The Bertz CT molecular complexity index is 2430. The van der Waals surface area contributed by atoms with E-state index >= 15 is 4.57 Å². The predicted molar refractivity (Wildman–Crippen MR) is 207 cm³/mol. The molecule has 0 aromatic heterocycles. The Morgan fingerprint density at radius 1 is 0.292 bits per heavy atom. The Labute approximate surface area is 280 Å². The van der Waals surface area contributed by atoms with Gasteiger partial charge in [0.1, 0.15) is 0 Å². The average molecular weight is 631 g/mol. The largest absolute Gasteiger partial charge is 0.309 e. The molecule has 0 radical (unpaired) electrons. The van der Waals surface area contributed by atoms with E-state index in [-0.39, 0.29) is 0 Å².